The molecule has 5 nitrogen and oxygen atoms in total. The number of hydrogen-bond donors (Lipinski definition) is 1. The van der Waals surface area contributed by atoms with E-state index in [2.05, 4.69) is 51.6 Å². The molecule has 2 heterocycles. The maximum atomic E-state index is 12.2. The highest BCUT2D eigenvalue weighted by Crippen LogP contribution is 2.20. The largest absolute Gasteiger partial charge is 0.373 e. The van der Waals surface area contributed by atoms with Crippen LogP contribution < -0.4 is 5.32 Å². The molecule has 1 aliphatic heterocycles. The number of nitrogens with one attached hydrogen (secondary N) is 1. The fourth-order valence-corrected chi connectivity index (χ4v) is 3.91. The van der Waals surface area contributed by atoms with E-state index in [-0.39, 0.29) is 18.1 Å². The molecule has 7 heteroatoms. The van der Waals surface area contributed by atoms with Crippen LogP contribution in [-0.4, -0.2) is 41.1 Å². The van der Waals surface area contributed by atoms with Crippen molar-refractivity contribution in [2.24, 2.45) is 0 Å². The van der Waals surface area contributed by atoms with E-state index in [1.807, 2.05) is 29.6 Å². The third-order valence-corrected chi connectivity index (χ3v) is 5.29. The van der Waals surface area contributed by atoms with E-state index in [9.17, 15) is 4.79 Å². The van der Waals surface area contributed by atoms with Gasteiger partial charge in [0.1, 0.15) is 0 Å². The van der Waals surface area contributed by atoms with E-state index in [0.29, 0.717) is 10.7 Å². The summed E-state index contributed by atoms with van der Waals surface area (Å²) in [7, 11) is 0. The number of amides is 1. The Morgan fingerprint density at radius 2 is 2.00 bits per heavy atom. The Morgan fingerprint density at radius 1 is 1.33 bits per heavy atom. The molecule has 1 aliphatic rings. The molecule has 1 fully saturated rings. The summed E-state index contributed by atoms with van der Waals surface area (Å²) in [5.41, 5.74) is 1.63. The molecule has 2 atom stereocenters. The molecule has 0 saturated carbocycles. The quantitative estimate of drug-likeness (QED) is 0.713. The van der Waals surface area contributed by atoms with Crippen LogP contribution >= 0.6 is 33.9 Å². The van der Waals surface area contributed by atoms with Crippen molar-refractivity contribution in [3.05, 3.63) is 44.5 Å². The van der Waals surface area contributed by atoms with Crippen molar-refractivity contribution in [3.8, 4) is 0 Å². The summed E-state index contributed by atoms with van der Waals surface area (Å²) in [5, 5.41) is 5.53. The van der Waals surface area contributed by atoms with Crippen LogP contribution in [0.15, 0.2) is 29.6 Å². The molecular formula is C17H20IN3O2S. The van der Waals surface area contributed by atoms with E-state index in [4.69, 9.17) is 4.74 Å². The minimum atomic E-state index is -0.124. The molecule has 0 spiro atoms. The van der Waals surface area contributed by atoms with Gasteiger partial charge in [-0.15, -0.1) is 11.3 Å². The number of halogens is 1. The second-order valence-corrected chi connectivity index (χ2v) is 8.16. The zero-order chi connectivity index (χ0) is 17.1. The van der Waals surface area contributed by atoms with Gasteiger partial charge in [-0.1, -0.05) is 0 Å². The van der Waals surface area contributed by atoms with Gasteiger partial charge in [0.25, 0.3) is 5.91 Å². The van der Waals surface area contributed by atoms with Gasteiger partial charge in [0.05, 0.1) is 17.9 Å². The number of thiazole rings is 1. The van der Waals surface area contributed by atoms with Crippen molar-refractivity contribution in [1.29, 1.82) is 0 Å². The second-order valence-electron chi connectivity index (χ2n) is 6.06. The Bertz CT molecular complexity index is 694. The Kier molecular flexibility index (Phi) is 5.85. The Hall–Kier alpha value is -1.03. The van der Waals surface area contributed by atoms with Gasteiger partial charge in [-0.05, 0) is 60.7 Å². The highest BCUT2D eigenvalue weighted by Gasteiger charge is 2.22. The van der Waals surface area contributed by atoms with Crippen LogP contribution in [-0.2, 0) is 11.3 Å². The van der Waals surface area contributed by atoms with E-state index in [0.717, 1.165) is 28.9 Å². The number of carbonyl (C=O) groups is 1. The zero-order valence-electron chi connectivity index (χ0n) is 13.7. The van der Waals surface area contributed by atoms with Crippen LogP contribution in [0.4, 0.5) is 5.13 Å². The first-order valence-electron chi connectivity index (χ1n) is 7.89. The molecule has 0 bridgehead atoms. The van der Waals surface area contributed by atoms with Crippen molar-refractivity contribution in [1.82, 2.24) is 9.88 Å². The molecular weight excluding hydrogens is 437 g/mol. The van der Waals surface area contributed by atoms with Crippen molar-refractivity contribution in [3.63, 3.8) is 0 Å². The number of aromatic nitrogens is 1. The molecule has 3 rings (SSSR count). The van der Waals surface area contributed by atoms with Crippen LogP contribution in [0.3, 0.4) is 0 Å². The summed E-state index contributed by atoms with van der Waals surface area (Å²) in [4.78, 5) is 19.1. The van der Waals surface area contributed by atoms with Gasteiger partial charge in [-0.2, -0.15) is 0 Å². The molecule has 24 heavy (non-hydrogen) atoms. The average molecular weight is 457 g/mol. The molecule has 1 aromatic carbocycles. The fourth-order valence-electron chi connectivity index (χ4n) is 2.85. The minimum absolute atomic E-state index is 0.124. The fraction of sp³-hybridized carbons (Fsp3) is 0.412. The normalized spacial score (nSPS) is 21.6. The maximum Gasteiger partial charge on any atom is 0.257 e. The third kappa shape index (κ3) is 4.75. The lowest BCUT2D eigenvalue weighted by molar-refractivity contribution is -0.0707. The number of hydrogen-bond acceptors (Lipinski definition) is 5. The van der Waals surface area contributed by atoms with E-state index < -0.39 is 0 Å². The van der Waals surface area contributed by atoms with E-state index in [1.165, 1.54) is 11.3 Å². The molecule has 0 radical (unpaired) electrons. The molecule has 0 aliphatic carbocycles. The number of benzene rings is 1. The third-order valence-electron chi connectivity index (χ3n) is 3.76. The standard InChI is InChI=1S/C17H20IN3O2S/c1-11-7-21(8-12(2)23-11)9-15-10-24-17(19-15)20-16(22)13-3-5-14(18)6-4-13/h3-6,10-12H,7-9H2,1-2H3,(H,19,20,22). The predicted molar refractivity (Wildman–Crippen MR) is 105 cm³/mol. The highest BCUT2D eigenvalue weighted by atomic mass is 127. The van der Waals surface area contributed by atoms with Gasteiger partial charge in [0.2, 0.25) is 0 Å². The maximum absolute atomic E-state index is 12.2. The van der Waals surface area contributed by atoms with Crippen LogP contribution in [0, 0.1) is 3.57 Å². The number of anilines is 1. The van der Waals surface area contributed by atoms with Crippen LogP contribution in [0.1, 0.15) is 29.9 Å². The van der Waals surface area contributed by atoms with Crippen LogP contribution in [0.25, 0.3) is 0 Å². The molecule has 1 aromatic heterocycles. The zero-order valence-corrected chi connectivity index (χ0v) is 16.6. The first kappa shape index (κ1) is 17.8. The lowest BCUT2D eigenvalue weighted by Gasteiger charge is -2.34. The summed E-state index contributed by atoms with van der Waals surface area (Å²) < 4.78 is 6.86. The van der Waals surface area contributed by atoms with Gasteiger partial charge in [0, 0.05) is 34.1 Å². The van der Waals surface area contributed by atoms with E-state index >= 15 is 0 Å². The Morgan fingerprint density at radius 3 is 2.67 bits per heavy atom. The van der Waals surface area contributed by atoms with Crippen molar-refractivity contribution < 1.29 is 9.53 Å². The summed E-state index contributed by atoms with van der Waals surface area (Å²) in [6.07, 6.45) is 0.486. The lowest BCUT2D eigenvalue weighted by atomic mass is 10.2. The second kappa shape index (κ2) is 7.90. The molecule has 1 saturated heterocycles. The van der Waals surface area contributed by atoms with Crippen molar-refractivity contribution in [2.75, 3.05) is 18.4 Å². The SMILES string of the molecule is CC1CN(Cc2csc(NC(=O)c3ccc(I)cc3)n2)CC(C)O1. The molecule has 1 amide bonds. The van der Waals surface area contributed by atoms with Crippen LogP contribution in [0.5, 0.6) is 0 Å². The highest BCUT2D eigenvalue weighted by molar-refractivity contribution is 14.1. The summed E-state index contributed by atoms with van der Waals surface area (Å²) in [6.45, 7) is 6.79. The number of carbonyl (C=O) groups excluding carboxylic acids is 1. The summed E-state index contributed by atoms with van der Waals surface area (Å²) >= 11 is 3.68. The lowest BCUT2D eigenvalue weighted by Crippen LogP contribution is -2.44. The summed E-state index contributed by atoms with van der Waals surface area (Å²) in [6, 6.07) is 7.48. The Labute approximate surface area is 159 Å². The van der Waals surface area contributed by atoms with Crippen molar-refractivity contribution in [2.45, 2.75) is 32.6 Å². The monoisotopic (exact) mass is 457 g/mol. The molecule has 2 unspecified atom stereocenters. The molecule has 128 valence electrons. The van der Waals surface area contributed by atoms with Crippen molar-refractivity contribution >= 4 is 45.0 Å². The minimum Gasteiger partial charge on any atom is -0.373 e. The smallest absolute Gasteiger partial charge is 0.257 e. The van der Waals surface area contributed by atoms with Crippen LogP contribution in [0.2, 0.25) is 0 Å². The van der Waals surface area contributed by atoms with Gasteiger partial charge in [-0.25, -0.2) is 4.98 Å². The molecule has 2 aromatic rings. The number of rotatable bonds is 4. The van der Waals surface area contributed by atoms with E-state index in [1.54, 1.807) is 0 Å². The van der Waals surface area contributed by atoms with Gasteiger partial charge in [0.15, 0.2) is 5.13 Å². The topological polar surface area (TPSA) is 54.5 Å². The average Bonchev–Trinajstić information content (AvgIpc) is 2.93. The number of ether oxygens (including phenoxy) is 1. The summed E-state index contributed by atoms with van der Waals surface area (Å²) in [5.74, 6) is -0.124. The van der Waals surface area contributed by atoms with Gasteiger partial charge >= 0.3 is 0 Å². The first-order chi connectivity index (χ1) is 11.5. The Balaban J connectivity index is 1.59. The van der Waals surface area contributed by atoms with Gasteiger partial charge in [-0.3, -0.25) is 15.0 Å². The first-order valence-corrected chi connectivity index (χ1v) is 9.84. The number of nitrogens with zero attached hydrogens (tertiary/aromatic N) is 2. The van der Waals surface area contributed by atoms with Gasteiger partial charge < -0.3 is 4.74 Å². The molecule has 1 N–H and O–H groups in total. The number of morpholine rings is 1. The predicted octanol–water partition coefficient (Wildman–Crippen LogP) is 3.61.